The van der Waals surface area contributed by atoms with E-state index in [0.717, 1.165) is 15.6 Å². The van der Waals surface area contributed by atoms with Crippen LogP contribution in [0.4, 0.5) is 4.79 Å². The van der Waals surface area contributed by atoms with Gasteiger partial charge in [0.2, 0.25) is 0 Å². The molecular weight excluding hydrogens is 312 g/mol. The summed E-state index contributed by atoms with van der Waals surface area (Å²) in [5.74, 6) is 0.229. The van der Waals surface area contributed by atoms with E-state index in [1.807, 2.05) is 37.3 Å². The molecule has 3 N–H and O–H groups in total. The van der Waals surface area contributed by atoms with Crippen molar-refractivity contribution in [2.45, 2.75) is 32.9 Å². The number of hydrogen-bond donors (Lipinski definition) is 3. The predicted molar refractivity (Wildman–Crippen MR) is 91.0 cm³/mol. The summed E-state index contributed by atoms with van der Waals surface area (Å²) in [4.78, 5) is 11.8. The Labute approximate surface area is 140 Å². The molecule has 2 rings (SSSR count). The Morgan fingerprint density at radius 1 is 1.22 bits per heavy atom. The number of nitrogens with zero attached hydrogens (tertiary/aromatic N) is 2. The summed E-state index contributed by atoms with van der Waals surface area (Å²) in [5.41, 5.74) is 1.02. The second kappa shape index (κ2) is 8.59. The standard InChI is InChI=1S/C16H22N4O2S/c1-11(8-12(2)21)9-17-16(22)18-10-14-19-20-15(23-14)13-6-4-3-5-7-13/h3-7,11-12,21H,8-10H2,1-2H3,(H2,17,18,22). The molecule has 0 bridgehead atoms. The van der Waals surface area contributed by atoms with Gasteiger partial charge in [0.1, 0.15) is 10.0 Å². The lowest BCUT2D eigenvalue weighted by Crippen LogP contribution is -2.37. The van der Waals surface area contributed by atoms with E-state index in [-0.39, 0.29) is 18.1 Å². The average Bonchev–Trinajstić information content (AvgIpc) is 3.00. The molecule has 2 aromatic rings. The van der Waals surface area contributed by atoms with Gasteiger partial charge in [-0.05, 0) is 19.3 Å². The van der Waals surface area contributed by atoms with E-state index in [1.54, 1.807) is 6.92 Å². The molecule has 23 heavy (non-hydrogen) atoms. The molecule has 2 amide bonds. The summed E-state index contributed by atoms with van der Waals surface area (Å²) in [7, 11) is 0. The zero-order valence-electron chi connectivity index (χ0n) is 13.3. The lowest BCUT2D eigenvalue weighted by molar-refractivity contribution is 0.163. The Morgan fingerprint density at radius 2 is 1.96 bits per heavy atom. The minimum absolute atomic E-state index is 0.229. The van der Waals surface area contributed by atoms with Gasteiger partial charge >= 0.3 is 6.03 Å². The minimum Gasteiger partial charge on any atom is -0.393 e. The van der Waals surface area contributed by atoms with Crippen molar-refractivity contribution in [2.75, 3.05) is 6.54 Å². The number of urea groups is 1. The van der Waals surface area contributed by atoms with Crippen LogP contribution in [-0.4, -0.2) is 34.0 Å². The lowest BCUT2D eigenvalue weighted by Gasteiger charge is -2.14. The fraction of sp³-hybridized carbons (Fsp3) is 0.438. The number of benzene rings is 1. The van der Waals surface area contributed by atoms with Crippen molar-refractivity contribution in [2.24, 2.45) is 5.92 Å². The highest BCUT2D eigenvalue weighted by Gasteiger charge is 2.10. The monoisotopic (exact) mass is 334 g/mol. The van der Waals surface area contributed by atoms with Gasteiger partial charge in [-0.25, -0.2) is 4.79 Å². The first-order valence-electron chi connectivity index (χ1n) is 7.62. The van der Waals surface area contributed by atoms with Crippen LogP contribution < -0.4 is 10.6 Å². The van der Waals surface area contributed by atoms with Crippen LogP contribution in [0.1, 0.15) is 25.3 Å². The first kappa shape index (κ1) is 17.4. The van der Waals surface area contributed by atoms with Crippen LogP contribution in [-0.2, 0) is 6.54 Å². The number of rotatable bonds is 7. The second-order valence-electron chi connectivity index (χ2n) is 5.62. The fourth-order valence-electron chi connectivity index (χ4n) is 2.17. The molecule has 0 saturated carbocycles. The van der Waals surface area contributed by atoms with Crippen molar-refractivity contribution < 1.29 is 9.90 Å². The smallest absolute Gasteiger partial charge is 0.315 e. The van der Waals surface area contributed by atoms with Crippen LogP contribution in [0.5, 0.6) is 0 Å². The van der Waals surface area contributed by atoms with Gasteiger partial charge in [0, 0.05) is 12.1 Å². The van der Waals surface area contributed by atoms with E-state index in [2.05, 4.69) is 20.8 Å². The zero-order chi connectivity index (χ0) is 16.7. The highest BCUT2D eigenvalue weighted by Crippen LogP contribution is 2.22. The highest BCUT2D eigenvalue weighted by atomic mass is 32.1. The van der Waals surface area contributed by atoms with Crippen molar-refractivity contribution in [3.8, 4) is 10.6 Å². The van der Waals surface area contributed by atoms with Gasteiger partial charge < -0.3 is 15.7 Å². The number of aliphatic hydroxyl groups excluding tert-OH is 1. The molecule has 1 heterocycles. The quantitative estimate of drug-likeness (QED) is 0.726. The Morgan fingerprint density at radius 3 is 2.65 bits per heavy atom. The maximum absolute atomic E-state index is 11.8. The Hall–Kier alpha value is -1.99. The van der Waals surface area contributed by atoms with E-state index in [9.17, 15) is 9.90 Å². The molecule has 1 aromatic carbocycles. The van der Waals surface area contributed by atoms with Crippen LogP contribution in [0.25, 0.3) is 10.6 Å². The van der Waals surface area contributed by atoms with Gasteiger partial charge in [-0.2, -0.15) is 0 Å². The fourth-order valence-corrected chi connectivity index (χ4v) is 2.96. The lowest BCUT2D eigenvalue weighted by atomic mass is 10.1. The van der Waals surface area contributed by atoms with Crippen molar-refractivity contribution >= 4 is 17.4 Å². The largest absolute Gasteiger partial charge is 0.393 e. The molecular formula is C16H22N4O2S. The Bertz CT molecular complexity index is 616. The summed E-state index contributed by atoms with van der Waals surface area (Å²) in [6.07, 6.45) is 0.310. The van der Waals surface area contributed by atoms with Crippen molar-refractivity contribution in [1.82, 2.24) is 20.8 Å². The molecule has 6 nitrogen and oxygen atoms in total. The number of amides is 2. The third-order valence-corrected chi connectivity index (χ3v) is 4.21. The number of nitrogens with one attached hydrogen (secondary N) is 2. The molecule has 0 spiro atoms. The SMILES string of the molecule is CC(O)CC(C)CNC(=O)NCc1nnc(-c2ccccc2)s1. The van der Waals surface area contributed by atoms with Crippen LogP contribution in [0, 0.1) is 5.92 Å². The average molecular weight is 334 g/mol. The molecule has 0 aliphatic carbocycles. The maximum Gasteiger partial charge on any atom is 0.315 e. The van der Waals surface area contributed by atoms with Gasteiger partial charge in [-0.15, -0.1) is 10.2 Å². The van der Waals surface area contributed by atoms with Crippen LogP contribution in [0.15, 0.2) is 30.3 Å². The van der Waals surface area contributed by atoms with E-state index >= 15 is 0 Å². The van der Waals surface area contributed by atoms with Crippen LogP contribution in [0.2, 0.25) is 0 Å². The molecule has 7 heteroatoms. The Balaban J connectivity index is 1.76. The third-order valence-electron chi connectivity index (χ3n) is 3.24. The summed E-state index contributed by atoms with van der Waals surface area (Å²) in [6, 6.07) is 9.59. The number of carbonyl (C=O) groups is 1. The van der Waals surface area contributed by atoms with Gasteiger partial charge in [0.25, 0.3) is 0 Å². The van der Waals surface area contributed by atoms with Crippen LogP contribution >= 0.6 is 11.3 Å². The molecule has 0 saturated heterocycles. The van der Waals surface area contributed by atoms with Crippen molar-refractivity contribution in [1.29, 1.82) is 0 Å². The third kappa shape index (κ3) is 5.96. The number of carbonyl (C=O) groups excluding carboxylic acids is 1. The van der Waals surface area contributed by atoms with Crippen molar-refractivity contribution in [3.05, 3.63) is 35.3 Å². The summed E-state index contributed by atoms with van der Waals surface area (Å²) in [5, 5.41) is 24.7. The molecule has 0 radical (unpaired) electrons. The molecule has 0 aliphatic heterocycles. The normalized spacial score (nSPS) is 13.3. The summed E-state index contributed by atoms with van der Waals surface area (Å²) in [6.45, 7) is 4.61. The number of aliphatic hydroxyl groups is 1. The first-order valence-corrected chi connectivity index (χ1v) is 8.44. The second-order valence-corrected chi connectivity index (χ2v) is 6.68. The minimum atomic E-state index is -0.354. The van der Waals surface area contributed by atoms with Gasteiger partial charge in [-0.1, -0.05) is 48.6 Å². The molecule has 1 aromatic heterocycles. The molecule has 0 aliphatic rings. The van der Waals surface area contributed by atoms with E-state index in [4.69, 9.17) is 0 Å². The van der Waals surface area contributed by atoms with Gasteiger partial charge in [-0.3, -0.25) is 0 Å². The number of hydrogen-bond acceptors (Lipinski definition) is 5. The summed E-state index contributed by atoms with van der Waals surface area (Å²) < 4.78 is 0. The van der Waals surface area contributed by atoms with Crippen LogP contribution in [0.3, 0.4) is 0 Å². The summed E-state index contributed by atoms with van der Waals surface area (Å²) >= 11 is 1.46. The zero-order valence-corrected chi connectivity index (χ0v) is 14.1. The van der Waals surface area contributed by atoms with E-state index in [0.29, 0.717) is 19.5 Å². The van der Waals surface area contributed by atoms with Gasteiger partial charge in [0.15, 0.2) is 0 Å². The topological polar surface area (TPSA) is 87.1 Å². The Kier molecular flexibility index (Phi) is 6.49. The predicted octanol–water partition coefficient (Wildman–Crippen LogP) is 2.41. The van der Waals surface area contributed by atoms with E-state index in [1.165, 1.54) is 11.3 Å². The number of aromatic nitrogens is 2. The maximum atomic E-state index is 11.8. The molecule has 2 unspecified atom stereocenters. The molecule has 0 fully saturated rings. The highest BCUT2D eigenvalue weighted by molar-refractivity contribution is 7.14. The van der Waals surface area contributed by atoms with Gasteiger partial charge in [0.05, 0.1) is 12.6 Å². The molecule has 2 atom stereocenters. The van der Waals surface area contributed by atoms with Crippen molar-refractivity contribution in [3.63, 3.8) is 0 Å². The van der Waals surface area contributed by atoms with E-state index < -0.39 is 0 Å². The molecule has 124 valence electrons. The first-order chi connectivity index (χ1) is 11.0.